The van der Waals surface area contributed by atoms with Crippen LogP contribution in [0.5, 0.6) is 5.75 Å². The summed E-state index contributed by atoms with van der Waals surface area (Å²) in [6.45, 7) is 6.07. The third-order valence-electron chi connectivity index (χ3n) is 3.74. The number of hydrogen-bond acceptors (Lipinski definition) is 4. The Morgan fingerprint density at radius 2 is 1.77 bits per heavy atom. The molecule has 2 aromatic rings. The molecule has 0 unspecified atom stereocenters. The van der Waals surface area contributed by atoms with Gasteiger partial charge in [-0.25, -0.2) is 4.79 Å². The molecule has 5 nitrogen and oxygen atoms in total. The van der Waals surface area contributed by atoms with Gasteiger partial charge in [-0.15, -0.1) is 0 Å². The largest absolute Gasteiger partial charge is 0.484 e. The highest BCUT2D eigenvalue weighted by Gasteiger charge is 2.05. The van der Waals surface area contributed by atoms with Gasteiger partial charge in [0.1, 0.15) is 5.75 Å². The Bertz CT molecular complexity index is 794. The standard InChI is InChI=1S/C21H23NO4/c1-4-25-21(24)12-8-17-6-9-18(10-7-17)22-20(23)14-26-19-11-5-15(2)16(3)13-19/h5-13H,4,14H2,1-3H3,(H,22,23)/b12-8+. The van der Waals surface area contributed by atoms with Gasteiger partial charge in [-0.05, 0) is 67.8 Å². The fourth-order valence-corrected chi connectivity index (χ4v) is 2.18. The van der Waals surface area contributed by atoms with E-state index in [-0.39, 0.29) is 18.5 Å². The van der Waals surface area contributed by atoms with Crippen LogP contribution >= 0.6 is 0 Å². The van der Waals surface area contributed by atoms with Gasteiger partial charge < -0.3 is 14.8 Å². The number of esters is 1. The van der Waals surface area contributed by atoms with Crippen molar-refractivity contribution in [2.24, 2.45) is 0 Å². The Balaban J connectivity index is 1.85. The highest BCUT2D eigenvalue weighted by molar-refractivity contribution is 5.92. The maximum absolute atomic E-state index is 12.0. The van der Waals surface area contributed by atoms with Crippen molar-refractivity contribution in [3.8, 4) is 5.75 Å². The van der Waals surface area contributed by atoms with Crippen molar-refractivity contribution in [3.63, 3.8) is 0 Å². The summed E-state index contributed by atoms with van der Waals surface area (Å²) in [5, 5.41) is 2.77. The molecule has 0 bridgehead atoms. The smallest absolute Gasteiger partial charge is 0.330 e. The lowest BCUT2D eigenvalue weighted by atomic mass is 10.1. The third kappa shape index (κ3) is 6.09. The first kappa shape index (κ1) is 19.2. The number of rotatable bonds is 7. The van der Waals surface area contributed by atoms with Crippen molar-refractivity contribution in [2.45, 2.75) is 20.8 Å². The second-order valence-corrected chi connectivity index (χ2v) is 5.79. The van der Waals surface area contributed by atoms with Gasteiger partial charge in [-0.2, -0.15) is 0 Å². The minimum atomic E-state index is -0.381. The van der Waals surface area contributed by atoms with Crippen molar-refractivity contribution in [1.29, 1.82) is 0 Å². The lowest BCUT2D eigenvalue weighted by Crippen LogP contribution is -2.20. The van der Waals surface area contributed by atoms with Crippen LogP contribution < -0.4 is 10.1 Å². The van der Waals surface area contributed by atoms with Gasteiger partial charge in [0.15, 0.2) is 6.61 Å². The Morgan fingerprint density at radius 3 is 2.42 bits per heavy atom. The van der Waals surface area contributed by atoms with Crippen molar-refractivity contribution >= 4 is 23.6 Å². The average molecular weight is 353 g/mol. The SMILES string of the molecule is CCOC(=O)/C=C/c1ccc(NC(=O)COc2ccc(C)c(C)c2)cc1. The van der Waals surface area contributed by atoms with Gasteiger partial charge >= 0.3 is 5.97 Å². The number of hydrogen-bond donors (Lipinski definition) is 1. The molecule has 0 heterocycles. The Hall–Kier alpha value is -3.08. The Morgan fingerprint density at radius 1 is 1.04 bits per heavy atom. The Kier molecular flexibility index (Phi) is 6.97. The normalized spacial score (nSPS) is 10.6. The number of amides is 1. The number of ether oxygens (including phenoxy) is 2. The van der Waals surface area contributed by atoms with Gasteiger partial charge in [0.2, 0.25) is 0 Å². The predicted octanol–water partition coefficient (Wildman–Crippen LogP) is 3.90. The van der Waals surface area contributed by atoms with Crippen LogP contribution in [-0.4, -0.2) is 25.1 Å². The lowest BCUT2D eigenvalue weighted by molar-refractivity contribution is -0.137. The molecular weight excluding hydrogens is 330 g/mol. The topological polar surface area (TPSA) is 64.6 Å². The second kappa shape index (κ2) is 9.42. The van der Waals surface area contributed by atoms with E-state index in [0.717, 1.165) is 11.1 Å². The highest BCUT2D eigenvalue weighted by Crippen LogP contribution is 2.16. The molecule has 5 heteroatoms. The zero-order valence-corrected chi connectivity index (χ0v) is 15.2. The first-order valence-corrected chi connectivity index (χ1v) is 8.42. The summed E-state index contributed by atoms with van der Waals surface area (Å²) < 4.78 is 10.3. The first-order chi connectivity index (χ1) is 12.5. The van der Waals surface area contributed by atoms with Gasteiger partial charge in [-0.1, -0.05) is 18.2 Å². The molecule has 1 N–H and O–H groups in total. The van der Waals surface area contributed by atoms with E-state index in [2.05, 4.69) is 5.32 Å². The maximum atomic E-state index is 12.0. The summed E-state index contributed by atoms with van der Waals surface area (Å²) in [6.07, 6.45) is 3.03. The maximum Gasteiger partial charge on any atom is 0.330 e. The first-order valence-electron chi connectivity index (χ1n) is 8.42. The second-order valence-electron chi connectivity index (χ2n) is 5.79. The summed E-state index contributed by atoms with van der Waals surface area (Å²) in [4.78, 5) is 23.3. The molecule has 2 rings (SSSR count). The van der Waals surface area contributed by atoms with E-state index >= 15 is 0 Å². The zero-order chi connectivity index (χ0) is 18.9. The van der Waals surface area contributed by atoms with E-state index in [9.17, 15) is 9.59 Å². The number of nitrogens with one attached hydrogen (secondary N) is 1. The summed E-state index contributed by atoms with van der Waals surface area (Å²) >= 11 is 0. The number of anilines is 1. The Labute approximate surface area is 153 Å². The molecule has 0 spiro atoms. The van der Waals surface area contributed by atoms with E-state index in [4.69, 9.17) is 9.47 Å². The van der Waals surface area contributed by atoms with Crippen LogP contribution in [0.1, 0.15) is 23.6 Å². The van der Waals surface area contributed by atoms with Gasteiger partial charge in [0, 0.05) is 11.8 Å². The summed E-state index contributed by atoms with van der Waals surface area (Å²) in [5.74, 6) is 0.0501. The highest BCUT2D eigenvalue weighted by atomic mass is 16.5. The molecule has 0 aliphatic carbocycles. The monoisotopic (exact) mass is 353 g/mol. The molecule has 0 radical (unpaired) electrons. The quantitative estimate of drug-likeness (QED) is 0.606. The van der Waals surface area contributed by atoms with E-state index in [1.807, 2.05) is 32.0 Å². The number of carbonyl (C=O) groups excluding carboxylic acids is 2. The molecule has 0 aromatic heterocycles. The number of benzene rings is 2. The summed E-state index contributed by atoms with van der Waals surface area (Å²) in [7, 11) is 0. The molecule has 26 heavy (non-hydrogen) atoms. The fraction of sp³-hybridized carbons (Fsp3) is 0.238. The van der Waals surface area contributed by atoms with Crippen molar-refractivity contribution in [1.82, 2.24) is 0 Å². The molecule has 0 saturated heterocycles. The van der Waals surface area contributed by atoms with Crippen molar-refractivity contribution in [3.05, 3.63) is 65.2 Å². The van der Waals surface area contributed by atoms with Crippen LogP contribution in [0.4, 0.5) is 5.69 Å². The number of carbonyl (C=O) groups is 2. The predicted molar refractivity (Wildman–Crippen MR) is 102 cm³/mol. The van der Waals surface area contributed by atoms with Crippen molar-refractivity contribution in [2.75, 3.05) is 18.5 Å². The minimum absolute atomic E-state index is 0.0625. The molecule has 136 valence electrons. The fourth-order valence-electron chi connectivity index (χ4n) is 2.18. The van der Waals surface area contributed by atoms with Crippen LogP contribution in [0, 0.1) is 13.8 Å². The molecule has 0 atom stereocenters. The molecule has 0 aliphatic rings. The molecule has 0 aliphatic heterocycles. The van der Waals surface area contributed by atoms with Crippen LogP contribution in [0.25, 0.3) is 6.08 Å². The lowest BCUT2D eigenvalue weighted by Gasteiger charge is -2.09. The minimum Gasteiger partial charge on any atom is -0.484 e. The van der Waals surface area contributed by atoms with Gasteiger partial charge in [-0.3, -0.25) is 4.79 Å². The molecular formula is C21H23NO4. The summed E-state index contributed by atoms with van der Waals surface area (Å²) in [5.41, 5.74) is 3.79. The van der Waals surface area contributed by atoms with Gasteiger partial charge in [0.25, 0.3) is 5.91 Å². The van der Waals surface area contributed by atoms with E-state index in [1.54, 1.807) is 37.3 Å². The van der Waals surface area contributed by atoms with Crippen LogP contribution in [0.15, 0.2) is 48.5 Å². The molecule has 0 fully saturated rings. The summed E-state index contributed by atoms with van der Waals surface area (Å²) in [6, 6.07) is 12.8. The van der Waals surface area contributed by atoms with Crippen LogP contribution in [-0.2, 0) is 14.3 Å². The van der Waals surface area contributed by atoms with E-state index < -0.39 is 0 Å². The van der Waals surface area contributed by atoms with E-state index in [1.165, 1.54) is 11.6 Å². The van der Waals surface area contributed by atoms with Crippen LogP contribution in [0.2, 0.25) is 0 Å². The zero-order valence-electron chi connectivity index (χ0n) is 15.2. The van der Waals surface area contributed by atoms with Crippen molar-refractivity contribution < 1.29 is 19.1 Å². The molecule has 2 aromatic carbocycles. The molecule has 0 saturated carbocycles. The van der Waals surface area contributed by atoms with Crippen LogP contribution in [0.3, 0.4) is 0 Å². The van der Waals surface area contributed by atoms with Gasteiger partial charge in [0.05, 0.1) is 6.61 Å². The van der Waals surface area contributed by atoms with E-state index in [0.29, 0.717) is 18.0 Å². The third-order valence-corrected chi connectivity index (χ3v) is 3.74. The average Bonchev–Trinajstić information content (AvgIpc) is 2.62. The number of aryl methyl sites for hydroxylation is 2. The molecule has 1 amide bonds.